The average molecular weight is 307 g/mol. The summed E-state index contributed by atoms with van der Waals surface area (Å²) in [5.41, 5.74) is -0.306. The van der Waals surface area contributed by atoms with Crippen LogP contribution in [0.25, 0.3) is 6.08 Å². The SMILES string of the molecule is CC(C)(C)N1C(=O)NC(=O)/C(=C/c2ccccc2Cl)C1=O. The van der Waals surface area contributed by atoms with Crippen molar-refractivity contribution in [3.8, 4) is 0 Å². The number of hydrogen-bond donors (Lipinski definition) is 1. The third-order valence-corrected chi connectivity index (χ3v) is 3.32. The molecule has 0 aliphatic carbocycles. The van der Waals surface area contributed by atoms with Gasteiger partial charge in [-0.1, -0.05) is 29.8 Å². The van der Waals surface area contributed by atoms with Crippen LogP contribution >= 0.6 is 11.6 Å². The zero-order chi connectivity index (χ0) is 15.8. The lowest BCUT2D eigenvalue weighted by Gasteiger charge is -2.36. The lowest BCUT2D eigenvalue weighted by Crippen LogP contribution is -2.60. The average Bonchev–Trinajstić information content (AvgIpc) is 2.34. The summed E-state index contributed by atoms with van der Waals surface area (Å²) in [6, 6.07) is 6.13. The van der Waals surface area contributed by atoms with Gasteiger partial charge in [-0.25, -0.2) is 4.79 Å². The van der Waals surface area contributed by atoms with Crippen LogP contribution in [-0.2, 0) is 9.59 Å². The Kier molecular flexibility index (Phi) is 3.87. The third-order valence-electron chi connectivity index (χ3n) is 2.98. The van der Waals surface area contributed by atoms with Crippen molar-refractivity contribution in [2.75, 3.05) is 0 Å². The molecule has 0 bridgehead atoms. The number of carbonyl (C=O) groups excluding carboxylic acids is 3. The van der Waals surface area contributed by atoms with Gasteiger partial charge in [0.15, 0.2) is 0 Å². The molecule has 1 saturated heterocycles. The zero-order valence-corrected chi connectivity index (χ0v) is 12.7. The molecule has 0 radical (unpaired) electrons. The van der Waals surface area contributed by atoms with E-state index in [1.165, 1.54) is 6.08 Å². The Labute approximate surface area is 127 Å². The summed E-state index contributed by atoms with van der Waals surface area (Å²) < 4.78 is 0. The Morgan fingerprint density at radius 2 is 1.76 bits per heavy atom. The lowest BCUT2D eigenvalue weighted by molar-refractivity contribution is -0.133. The quantitative estimate of drug-likeness (QED) is 0.640. The van der Waals surface area contributed by atoms with Crippen LogP contribution in [0, 0.1) is 0 Å². The fourth-order valence-corrected chi connectivity index (χ4v) is 2.20. The number of hydrogen-bond acceptors (Lipinski definition) is 3. The molecule has 1 heterocycles. The Morgan fingerprint density at radius 1 is 1.14 bits per heavy atom. The minimum atomic E-state index is -0.735. The topological polar surface area (TPSA) is 66.5 Å². The predicted molar refractivity (Wildman–Crippen MR) is 79.6 cm³/mol. The van der Waals surface area contributed by atoms with Gasteiger partial charge in [0.05, 0.1) is 0 Å². The first-order valence-corrected chi connectivity index (χ1v) is 6.75. The van der Waals surface area contributed by atoms with Crippen LogP contribution in [0.4, 0.5) is 4.79 Å². The first kappa shape index (κ1) is 15.3. The number of carbonyl (C=O) groups is 3. The van der Waals surface area contributed by atoms with Gasteiger partial charge in [-0.05, 0) is 38.5 Å². The van der Waals surface area contributed by atoms with Gasteiger partial charge in [0, 0.05) is 10.6 Å². The van der Waals surface area contributed by atoms with E-state index in [4.69, 9.17) is 11.6 Å². The molecule has 1 N–H and O–H groups in total. The van der Waals surface area contributed by atoms with Crippen molar-refractivity contribution in [2.45, 2.75) is 26.3 Å². The molecule has 6 heteroatoms. The van der Waals surface area contributed by atoms with E-state index >= 15 is 0 Å². The number of nitrogens with one attached hydrogen (secondary N) is 1. The fourth-order valence-electron chi connectivity index (χ4n) is 2.01. The second kappa shape index (κ2) is 5.33. The molecule has 1 aromatic carbocycles. The van der Waals surface area contributed by atoms with E-state index in [1.54, 1.807) is 45.0 Å². The summed E-state index contributed by atoms with van der Waals surface area (Å²) in [5, 5.41) is 2.59. The van der Waals surface area contributed by atoms with E-state index in [9.17, 15) is 14.4 Å². The summed E-state index contributed by atoms with van der Waals surface area (Å²) in [4.78, 5) is 37.2. The highest BCUT2D eigenvalue weighted by atomic mass is 35.5. The van der Waals surface area contributed by atoms with E-state index < -0.39 is 23.4 Å². The Bertz CT molecular complexity index is 659. The molecule has 0 aromatic heterocycles. The number of urea groups is 1. The van der Waals surface area contributed by atoms with Crippen molar-refractivity contribution in [1.82, 2.24) is 10.2 Å². The monoisotopic (exact) mass is 306 g/mol. The number of amides is 4. The molecule has 4 amide bonds. The molecule has 21 heavy (non-hydrogen) atoms. The van der Waals surface area contributed by atoms with Gasteiger partial charge in [-0.3, -0.25) is 19.8 Å². The van der Waals surface area contributed by atoms with Gasteiger partial charge in [0.2, 0.25) is 0 Å². The minimum absolute atomic E-state index is 0.113. The van der Waals surface area contributed by atoms with Crippen LogP contribution in [-0.4, -0.2) is 28.3 Å². The van der Waals surface area contributed by atoms with Crippen LogP contribution in [0.15, 0.2) is 29.8 Å². The highest BCUT2D eigenvalue weighted by molar-refractivity contribution is 6.34. The number of imide groups is 2. The molecular formula is C15H15ClN2O3. The van der Waals surface area contributed by atoms with Crippen LogP contribution in [0.2, 0.25) is 5.02 Å². The standard InChI is InChI=1S/C15H15ClN2O3/c1-15(2,3)18-13(20)10(12(19)17-14(18)21)8-9-6-4-5-7-11(9)16/h4-8H,1-3H3,(H,17,19,21)/b10-8-. The molecule has 1 fully saturated rings. The smallest absolute Gasteiger partial charge is 0.273 e. The van der Waals surface area contributed by atoms with E-state index in [0.717, 1.165) is 4.90 Å². The van der Waals surface area contributed by atoms with Crippen LogP contribution < -0.4 is 5.32 Å². The number of benzene rings is 1. The molecule has 5 nitrogen and oxygen atoms in total. The molecular weight excluding hydrogens is 292 g/mol. The maximum absolute atomic E-state index is 12.4. The Balaban J connectivity index is 2.48. The van der Waals surface area contributed by atoms with Crippen molar-refractivity contribution in [1.29, 1.82) is 0 Å². The summed E-state index contributed by atoms with van der Waals surface area (Å²) in [6.45, 7) is 5.15. The highest BCUT2D eigenvalue weighted by Gasteiger charge is 2.41. The van der Waals surface area contributed by atoms with Gasteiger partial charge < -0.3 is 0 Å². The van der Waals surface area contributed by atoms with Crippen molar-refractivity contribution in [2.24, 2.45) is 0 Å². The molecule has 0 spiro atoms. The number of nitrogens with zero attached hydrogens (tertiary/aromatic N) is 1. The van der Waals surface area contributed by atoms with Crippen molar-refractivity contribution in [3.63, 3.8) is 0 Å². The van der Waals surface area contributed by atoms with Gasteiger partial charge in [0.1, 0.15) is 5.57 Å². The van der Waals surface area contributed by atoms with Crippen molar-refractivity contribution in [3.05, 3.63) is 40.4 Å². The Morgan fingerprint density at radius 3 is 2.33 bits per heavy atom. The van der Waals surface area contributed by atoms with E-state index in [1.807, 2.05) is 0 Å². The molecule has 1 aromatic rings. The highest BCUT2D eigenvalue weighted by Crippen LogP contribution is 2.24. The van der Waals surface area contributed by atoms with E-state index in [0.29, 0.717) is 10.6 Å². The molecule has 0 atom stereocenters. The first-order valence-electron chi connectivity index (χ1n) is 6.38. The summed E-state index contributed by atoms with van der Waals surface area (Å²) in [7, 11) is 0. The number of barbiturate groups is 1. The van der Waals surface area contributed by atoms with E-state index in [-0.39, 0.29) is 5.57 Å². The molecule has 1 aliphatic heterocycles. The second-order valence-corrected chi connectivity index (χ2v) is 6.06. The zero-order valence-electron chi connectivity index (χ0n) is 11.9. The van der Waals surface area contributed by atoms with Gasteiger partial charge >= 0.3 is 6.03 Å². The molecule has 2 rings (SSSR count). The Hall–Kier alpha value is -2.14. The number of rotatable bonds is 1. The number of halogens is 1. The van der Waals surface area contributed by atoms with Crippen LogP contribution in [0.1, 0.15) is 26.3 Å². The third kappa shape index (κ3) is 2.97. The second-order valence-electron chi connectivity index (χ2n) is 5.65. The molecule has 0 unspecified atom stereocenters. The molecule has 110 valence electrons. The molecule has 0 saturated carbocycles. The van der Waals surface area contributed by atoms with Gasteiger partial charge in [-0.2, -0.15) is 0 Å². The molecule has 1 aliphatic rings. The maximum atomic E-state index is 12.4. The summed E-state index contributed by atoms with van der Waals surface area (Å²) in [5.74, 6) is -1.35. The van der Waals surface area contributed by atoms with Crippen molar-refractivity contribution < 1.29 is 14.4 Å². The van der Waals surface area contributed by atoms with Crippen molar-refractivity contribution >= 4 is 35.5 Å². The van der Waals surface area contributed by atoms with Gasteiger partial charge in [-0.15, -0.1) is 0 Å². The lowest BCUT2D eigenvalue weighted by atomic mass is 10.0. The van der Waals surface area contributed by atoms with Crippen LogP contribution in [0.3, 0.4) is 0 Å². The van der Waals surface area contributed by atoms with Crippen LogP contribution in [0.5, 0.6) is 0 Å². The minimum Gasteiger partial charge on any atom is -0.273 e. The summed E-state index contributed by atoms with van der Waals surface area (Å²) >= 11 is 6.03. The first-order chi connectivity index (χ1) is 9.71. The fraction of sp³-hybridized carbons (Fsp3) is 0.267. The maximum Gasteiger partial charge on any atom is 0.331 e. The van der Waals surface area contributed by atoms with E-state index in [2.05, 4.69) is 5.32 Å². The van der Waals surface area contributed by atoms with Gasteiger partial charge in [0.25, 0.3) is 11.8 Å². The largest absolute Gasteiger partial charge is 0.331 e. The summed E-state index contributed by atoms with van der Waals surface area (Å²) in [6.07, 6.45) is 1.39. The normalized spacial score (nSPS) is 18.2. The predicted octanol–water partition coefficient (Wildman–Crippen LogP) is 2.60.